The first kappa shape index (κ1) is 34.0. The van der Waals surface area contributed by atoms with Crippen molar-refractivity contribution >= 4 is 57.0 Å². The molecule has 0 bridgehead atoms. The molecule has 0 aliphatic heterocycles. The first-order chi connectivity index (χ1) is 19.0. The van der Waals surface area contributed by atoms with Crippen molar-refractivity contribution in [2.24, 2.45) is 5.73 Å². The number of hydrogen-bond donors (Lipinski definition) is 2. The highest BCUT2D eigenvalue weighted by atomic mass is 35.5. The van der Waals surface area contributed by atoms with E-state index >= 15 is 0 Å². The number of aromatic carboxylic acids is 1. The van der Waals surface area contributed by atoms with Crippen LogP contribution in [-0.2, 0) is 32.5 Å². The van der Waals surface area contributed by atoms with Crippen molar-refractivity contribution in [2.45, 2.75) is 44.8 Å². The van der Waals surface area contributed by atoms with Crippen molar-refractivity contribution in [1.29, 1.82) is 0 Å². The molecule has 3 N–H and O–H groups in total. The molecule has 1 saturated carbocycles. The maximum absolute atomic E-state index is 12.5. The molecule has 0 atom stereocenters. The molecule has 0 spiro atoms. The van der Waals surface area contributed by atoms with E-state index in [1.165, 1.54) is 30.6 Å². The van der Waals surface area contributed by atoms with Crippen molar-refractivity contribution in [3.05, 3.63) is 91.7 Å². The van der Waals surface area contributed by atoms with Gasteiger partial charge in [-0.05, 0) is 97.3 Å². The van der Waals surface area contributed by atoms with Crippen LogP contribution in [0, 0.1) is 13.8 Å². The summed E-state index contributed by atoms with van der Waals surface area (Å²) < 4.78 is 42.1. The lowest BCUT2D eigenvalue weighted by Crippen LogP contribution is -2.18. The lowest BCUT2D eigenvalue weighted by molar-refractivity contribution is -0.137. The number of rotatable bonds is 6. The molecule has 0 amide bonds. The van der Waals surface area contributed by atoms with E-state index in [2.05, 4.69) is 27.9 Å². The monoisotopic (exact) mass is 631 g/mol. The Balaban J connectivity index is 0.000000252. The van der Waals surface area contributed by atoms with Gasteiger partial charge in [0.05, 0.1) is 23.8 Å². The number of halogens is 5. The quantitative estimate of drug-likeness (QED) is 0.178. The minimum atomic E-state index is -4.36. The SMILES string of the molecule is COC(=O)c1ccc(C2(N)CC2)cc1.Cc1sc(C)c(C(=O)O)c1Cc1ccc(C(F)(F)F)cc1.O=C(Cl)C(=O)Cl. The Morgan fingerprint density at radius 2 is 1.46 bits per heavy atom. The molecule has 0 radical (unpaired) electrons. The summed E-state index contributed by atoms with van der Waals surface area (Å²) in [5.74, 6) is -1.31. The third kappa shape index (κ3) is 9.67. The number of carbonyl (C=O) groups excluding carboxylic acids is 3. The highest BCUT2D eigenvalue weighted by molar-refractivity contribution is 7.12. The Hall–Kier alpha value is -3.25. The van der Waals surface area contributed by atoms with Gasteiger partial charge in [0.25, 0.3) is 0 Å². The molecule has 1 aliphatic rings. The summed E-state index contributed by atoms with van der Waals surface area (Å²) >= 11 is 10.4. The normalized spacial score (nSPS) is 13.1. The van der Waals surface area contributed by atoms with Gasteiger partial charge in [-0.25, -0.2) is 9.59 Å². The van der Waals surface area contributed by atoms with Gasteiger partial charge in [-0.2, -0.15) is 13.2 Å². The first-order valence-electron chi connectivity index (χ1n) is 11.9. The van der Waals surface area contributed by atoms with Gasteiger partial charge in [-0.3, -0.25) is 9.59 Å². The van der Waals surface area contributed by atoms with Gasteiger partial charge in [0.15, 0.2) is 0 Å². The molecule has 13 heteroatoms. The third-order valence-electron chi connectivity index (χ3n) is 6.09. The van der Waals surface area contributed by atoms with Crippen LogP contribution < -0.4 is 5.73 Å². The Bertz CT molecular complexity index is 1400. The van der Waals surface area contributed by atoms with Crippen LogP contribution in [0.3, 0.4) is 0 Å². The topological polar surface area (TPSA) is 124 Å². The number of ether oxygens (including phenoxy) is 1. The van der Waals surface area contributed by atoms with E-state index in [1.807, 2.05) is 19.1 Å². The highest BCUT2D eigenvalue weighted by Gasteiger charge is 2.39. The van der Waals surface area contributed by atoms with E-state index in [9.17, 15) is 37.5 Å². The second-order valence-electron chi connectivity index (χ2n) is 9.02. The minimum Gasteiger partial charge on any atom is -0.478 e. The minimum absolute atomic E-state index is 0.130. The summed E-state index contributed by atoms with van der Waals surface area (Å²) in [6, 6.07) is 12.1. The van der Waals surface area contributed by atoms with Crippen molar-refractivity contribution in [3.63, 3.8) is 0 Å². The van der Waals surface area contributed by atoms with Crippen LogP contribution in [0.1, 0.15) is 65.6 Å². The van der Waals surface area contributed by atoms with Crippen molar-refractivity contribution < 1.29 is 42.2 Å². The molecule has 1 aliphatic carbocycles. The third-order valence-corrected chi connectivity index (χ3v) is 7.59. The predicted molar refractivity (Wildman–Crippen MR) is 150 cm³/mol. The van der Waals surface area contributed by atoms with Crippen LogP contribution in [0.15, 0.2) is 48.5 Å². The summed E-state index contributed by atoms with van der Waals surface area (Å²) in [7, 11) is 1.38. The zero-order valence-corrected chi connectivity index (χ0v) is 24.4. The van der Waals surface area contributed by atoms with Gasteiger partial charge in [0.2, 0.25) is 0 Å². The van der Waals surface area contributed by atoms with E-state index in [1.54, 1.807) is 19.1 Å². The second kappa shape index (κ2) is 14.1. The number of carbonyl (C=O) groups is 4. The number of nitrogens with two attached hydrogens (primary N) is 1. The number of carboxylic acid groups (broad SMARTS) is 1. The molecule has 0 unspecified atom stereocenters. The maximum Gasteiger partial charge on any atom is 0.416 e. The number of methoxy groups -OCH3 is 1. The Kier molecular flexibility index (Phi) is 11.7. The molecular weight excluding hydrogens is 606 g/mol. The van der Waals surface area contributed by atoms with E-state index in [-0.39, 0.29) is 17.1 Å². The first-order valence-corrected chi connectivity index (χ1v) is 13.4. The van der Waals surface area contributed by atoms with Gasteiger partial charge in [-0.1, -0.05) is 24.3 Å². The molecule has 1 heterocycles. The Morgan fingerprint density at radius 1 is 0.951 bits per heavy atom. The van der Waals surface area contributed by atoms with Gasteiger partial charge < -0.3 is 15.6 Å². The summed E-state index contributed by atoms with van der Waals surface area (Å²) in [5.41, 5.74) is 8.44. The second-order valence-corrected chi connectivity index (χ2v) is 11.1. The highest BCUT2D eigenvalue weighted by Crippen LogP contribution is 2.42. The Labute approximate surface area is 248 Å². The van der Waals surface area contributed by atoms with Crippen LogP contribution in [0.25, 0.3) is 0 Å². The molecule has 1 aromatic heterocycles. The summed E-state index contributed by atoms with van der Waals surface area (Å²) in [4.78, 5) is 42.9. The van der Waals surface area contributed by atoms with E-state index in [0.29, 0.717) is 28.0 Å². The molecule has 1 fully saturated rings. The fraction of sp³-hybridized carbons (Fsp3) is 0.286. The zero-order valence-electron chi connectivity index (χ0n) is 22.1. The average Bonchev–Trinajstić information content (AvgIpc) is 3.59. The fourth-order valence-corrected chi connectivity index (χ4v) is 4.79. The lowest BCUT2D eigenvalue weighted by Gasteiger charge is -2.08. The number of carboxylic acids is 1. The smallest absolute Gasteiger partial charge is 0.416 e. The maximum atomic E-state index is 12.5. The van der Waals surface area contributed by atoms with Gasteiger partial charge >= 0.3 is 28.6 Å². The van der Waals surface area contributed by atoms with Crippen LogP contribution in [0.2, 0.25) is 0 Å². The summed E-state index contributed by atoms with van der Waals surface area (Å²) in [6.07, 6.45) is -1.98. The van der Waals surface area contributed by atoms with Crippen LogP contribution in [0.4, 0.5) is 13.2 Å². The van der Waals surface area contributed by atoms with Crippen LogP contribution >= 0.6 is 34.5 Å². The number of alkyl halides is 3. The van der Waals surface area contributed by atoms with Crippen molar-refractivity contribution in [1.82, 2.24) is 0 Å². The van der Waals surface area contributed by atoms with Gasteiger partial charge in [-0.15, -0.1) is 11.3 Å². The molecule has 220 valence electrons. The standard InChI is InChI=1S/C15H13F3O2S.C11H13NO2.C2Cl2O2/c1-8-12(13(14(19)20)9(2)21-8)7-10-3-5-11(6-4-10)15(16,17)18;1-14-10(13)8-2-4-9(5-3-8)11(12)6-7-11;3-1(5)2(4)6/h3-6H,7H2,1-2H3,(H,19,20);2-5H,6-7,12H2,1H3;. The van der Waals surface area contributed by atoms with Gasteiger partial charge in [0, 0.05) is 15.3 Å². The predicted octanol–water partition coefficient (Wildman–Crippen LogP) is 6.61. The average molecular weight is 632 g/mol. The van der Waals surface area contributed by atoms with Gasteiger partial charge in [0.1, 0.15) is 0 Å². The van der Waals surface area contributed by atoms with Crippen LogP contribution in [0.5, 0.6) is 0 Å². The zero-order chi connectivity index (χ0) is 31.1. The molecule has 7 nitrogen and oxygen atoms in total. The molecule has 41 heavy (non-hydrogen) atoms. The largest absolute Gasteiger partial charge is 0.478 e. The number of benzene rings is 2. The molecule has 4 rings (SSSR count). The van der Waals surface area contributed by atoms with E-state index in [0.717, 1.165) is 35.4 Å². The lowest BCUT2D eigenvalue weighted by atomic mass is 9.99. The number of esters is 1. The van der Waals surface area contributed by atoms with Crippen LogP contribution in [-0.4, -0.2) is 34.6 Å². The van der Waals surface area contributed by atoms with Crippen molar-refractivity contribution in [3.8, 4) is 0 Å². The Morgan fingerprint density at radius 3 is 1.85 bits per heavy atom. The number of hydrogen-bond acceptors (Lipinski definition) is 7. The molecular formula is C28H26Cl2F3NO6S. The molecule has 2 aromatic carbocycles. The molecule has 0 saturated heterocycles. The fourth-order valence-electron chi connectivity index (χ4n) is 3.72. The molecule has 3 aromatic rings. The van der Waals surface area contributed by atoms with E-state index in [4.69, 9.17) is 5.73 Å². The summed E-state index contributed by atoms with van der Waals surface area (Å²) in [6.45, 7) is 3.56. The van der Waals surface area contributed by atoms with Crippen molar-refractivity contribution in [2.75, 3.05) is 7.11 Å². The summed E-state index contributed by atoms with van der Waals surface area (Å²) in [5, 5.41) is 6.96. The number of aryl methyl sites for hydroxylation is 2. The van der Waals surface area contributed by atoms with E-state index < -0.39 is 28.2 Å². The number of thiophene rings is 1.